The maximum atomic E-state index is 5.45. The zero-order valence-electron chi connectivity index (χ0n) is 7.36. The fourth-order valence-corrected chi connectivity index (χ4v) is 1.04. The van der Waals surface area contributed by atoms with E-state index in [1.807, 2.05) is 10.8 Å². The third kappa shape index (κ3) is 2.92. The van der Waals surface area contributed by atoms with Crippen molar-refractivity contribution in [2.24, 2.45) is 0 Å². The summed E-state index contributed by atoms with van der Waals surface area (Å²) in [7, 11) is 1.72. The van der Waals surface area contributed by atoms with E-state index in [-0.39, 0.29) is 0 Å². The fraction of sp³-hybridized carbons (Fsp3) is 0.625. The summed E-state index contributed by atoms with van der Waals surface area (Å²) < 4.78 is 6.93. The van der Waals surface area contributed by atoms with Crippen LogP contribution in [0.3, 0.4) is 0 Å². The first-order valence-electron chi connectivity index (χ1n) is 4.09. The van der Waals surface area contributed by atoms with Crippen LogP contribution in [0.25, 0.3) is 0 Å². The molecule has 1 rings (SSSR count). The highest BCUT2D eigenvalue weighted by Gasteiger charge is 1.93. The van der Waals surface area contributed by atoms with Crippen molar-refractivity contribution in [1.29, 1.82) is 0 Å². The minimum Gasteiger partial charge on any atom is -0.385 e. The van der Waals surface area contributed by atoms with Gasteiger partial charge in [-0.2, -0.15) is 0 Å². The van der Waals surface area contributed by atoms with Crippen LogP contribution in [-0.2, 0) is 11.3 Å². The largest absolute Gasteiger partial charge is 0.385 e. The van der Waals surface area contributed by atoms with Crippen molar-refractivity contribution in [2.45, 2.75) is 19.4 Å². The number of nitrogen functional groups attached to an aromatic ring is 1. The van der Waals surface area contributed by atoms with Crippen LogP contribution in [0, 0.1) is 0 Å². The Kier molecular flexibility index (Phi) is 3.60. The summed E-state index contributed by atoms with van der Waals surface area (Å²) in [5, 5.41) is 0. The van der Waals surface area contributed by atoms with E-state index in [0.717, 1.165) is 26.0 Å². The molecule has 0 saturated heterocycles. The number of rotatable bonds is 5. The van der Waals surface area contributed by atoms with Crippen molar-refractivity contribution in [3.8, 4) is 0 Å². The van der Waals surface area contributed by atoms with Gasteiger partial charge in [-0.3, -0.25) is 0 Å². The molecule has 0 amide bonds. The van der Waals surface area contributed by atoms with Gasteiger partial charge in [0.15, 0.2) is 0 Å². The third-order valence-corrected chi connectivity index (χ3v) is 1.67. The van der Waals surface area contributed by atoms with Crippen molar-refractivity contribution >= 4 is 5.82 Å². The topological polar surface area (TPSA) is 53.1 Å². The summed E-state index contributed by atoms with van der Waals surface area (Å²) in [6, 6.07) is 0. The van der Waals surface area contributed by atoms with Crippen LogP contribution < -0.4 is 5.73 Å². The Labute approximate surface area is 72.3 Å². The van der Waals surface area contributed by atoms with Crippen molar-refractivity contribution in [3.63, 3.8) is 0 Å². The molecule has 2 N–H and O–H groups in total. The maximum absolute atomic E-state index is 5.45. The molecule has 12 heavy (non-hydrogen) atoms. The van der Waals surface area contributed by atoms with Gasteiger partial charge in [0.2, 0.25) is 0 Å². The Balaban J connectivity index is 2.15. The Bertz CT molecular complexity index is 222. The highest BCUT2D eigenvalue weighted by molar-refractivity contribution is 5.22. The van der Waals surface area contributed by atoms with E-state index in [2.05, 4.69) is 4.98 Å². The molecule has 4 nitrogen and oxygen atoms in total. The number of anilines is 1. The quantitative estimate of drug-likeness (QED) is 0.666. The molecule has 0 aliphatic rings. The Hall–Kier alpha value is -1.03. The number of hydrogen-bond acceptors (Lipinski definition) is 3. The second-order valence-electron chi connectivity index (χ2n) is 2.74. The summed E-state index contributed by atoms with van der Waals surface area (Å²) in [6.45, 7) is 1.79. The van der Waals surface area contributed by atoms with Gasteiger partial charge in [0.1, 0.15) is 5.82 Å². The number of unbranched alkanes of at least 4 members (excludes halogenated alkanes) is 1. The van der Waals surface area contributed by atoms with Crippen LogP contribution >= 0.6 is 0 Å². The lowest BCUT2D eigenvalue weighted by atomic mass is 10.3. The van der Waals surface area contributed by atoms with Crippen LogP contribution in [0.4, 0.5) is 5.82 Å². The lowest BCUT2D eigenvalue weighted by Gasteiger charge is -2.00. The number of ether oxygens (including phenoxy) is 1. The average molecular weight is 169 g/mol. The van der Waals surface area contributed by atoms with Crippen LogP contribution in [0.2, 0.25) is 0 Å². The highest BCUT2D eigenvalue weighted by atomic mass is 16.5. The molecule has 0 unspecified atom stereocenters. The van der Waals surface area contributed by atoms with E-state index < -0.39 is 0 Å². The van der Waals surface area contributed by atoms with Gasteiger partial charge in [0.25, 0.3) is 0 Å². The maximum Gasteiger partial charge on any atom is 0.141 e. The zero-order valence-corrected chi connectivity index (χ0v) is 7.36. The molecular formula is C8H15N3O. The summed E-state index contributed by atoms with van der Waals surface area (Å²) in [5.41, 5.74) is 5.45. The van der Waals surface area contributed by atoms with Gasteiger partial charge in [-0.1, -0.05) is 0 Å². The number of aromatic nitrogens is 2. The second kappa shape index (κ2) is 4.77. The van der Waals surface area contributed by atoms with Crippen LogP contribution in [0.15, 0.2) is 12.5 Å². The van der Waals surface area contributed by atoms with Gasteiger partial charge in [-0.15, -0.1) is 0 Å². The van der Waals surface area contributed by atoms with E-state index in [4.69, 9.17) is 10.5 Å². The van der Waals surface area contributed by atoms with Crippen molar-refractivity contribution in [1.82, 2.24) is 9.55 Å². The number of imidazole rings is 1. The van der Waals surface area contributed by atoms with E-state index in [1.54, 1.807) is 13.4 Å². The van der Waals surface area contributed by atoms with E-state index in [1.165, 1.54) is 0 Å². The second-order valence-corrected chi connectivity index (χ2v) is 2.74. The number of nitrogens with zero attached hydrogens (tertiary/aromatic N) is 2. The molecule has 0 bridgehead atoms. The van der Waals surface area contributed by atoms with Crippen molar-refractivity contribution in [3.05, 3.63) is 12.5 Å². The van der Waals surface area contributed by atoms with Crippen LogP contribution in [0.1, 0.15) is 12.8 Å². The lowest BCUT2D eigenvalue weighted by Crippen LogP contribution is -1.97. The molecule has 0 aliphatic heterocycles. The van der Waals surface area contributed by atoms with Crippen molar-refractivity contribution in [2.75, 3.05) is 19.5 Å². The summed E-state index contributed by atoms with van der Waals surface area (Å²) in [6.07, 6.45) is 5.77. The molecule has 68 valence electrons. The molecule has 0 radical (unpaired) electrons. The first kappa shape index (κ1) is 9.06. The minimum atomic E-state index is 0.585. The zero-order chi connectivity index (χ0) is 8.81. The first-order valence-corrected chi connectivity index (χ1v) is 4.09. The van der Waals surface area contributed by atoms with E-state index in [0.29, 0.717) is 5.82 Å². The predicted octanol–water partition coefficient (Wildman–Crippen LogP) is 0.892. The smallest absolute Gasteiger partial charge is 0.141 e. The number of aryl methyl sites for hydroxylation is 1. The van der Waals surface area contributed by atoms with Crippen molar-refractivity contribution < 1.29 is 4.74 Å². The van der Waals surface area contributed by atoms with Gasteiger partial charge in [0, 0.05) is 26.5 Å². The molecule has 0 aliphatic carbocycles. The molecule has 0 saturated carbocycles. The van der Waals surface area contributed by atoms with Crippen LogP contribution in [-0.4, -0.2) is 23.3 Å². The molecule has 4 heteroatoms. The first-order chi connectivity index (χ1) is 5.83. The number of hydrogen-bond donors (Lipinski definition) is 1. The molecule has 0 spiro atoms. The predicted molar refractivity (Wildman–Crippen MR) is 47.7 cm³/mol. The molecule has 1 heterocycles. The fourth-order valence-electron chi connectivity index (χ4n) is 1.04. The Morgan fingerprint density at radius 2 is 2.42 bits per heavy atom. The molecular weight excluding hydrogens is 154 g/mol. The third-order valence-electron chi connectivity index (χ3n) is 1.67. The van der Waals surface area contributed by atoms with Gasteiger partial charge in [-0.05, 0) is 12.8 Å². The average Bonchev–Trinajstić information content (AvgIpc) is 2.45. The van der Waals surface area contributed by atoms with Gasteiger partial charge in [0.05, 0.1) is 6.33 Å². The normalized spacial score (nSPS) is 10.4. The Morgan fingerprint density at radius 3 is 3.00 bits per heavy atom. The summed E-state index contributed by atoms with van der Waals surface area (Å²) in [5.74, 6) is 0.585. The minimum absolute atomic E-state index is 0.585. The molecule has 1 aromatic heterocycles. The van der Waals surface area contributed by atoms with Gasteiger partial charge in [-0.25, -0.2) is 4.98 Å². The van der Waals surface area contributed by atoms with Gasteiger partial charge < -0.3 is 15.0 Å². The molecule has 0 fully saturated rings. The standard InChI is InChI=1S/C8H15N3O/c1-12-5-3-2-4-11-6-8(9)10-7-11/h6-7H,2-5,9H2,1H3. The Morgan fingerprint density at radius 1 is 1.58 bits per heavy atom. The monoisotopic (exact) mass is 169 g/mol. The summed E-state index contributed by atoms with van der Waals surface area (Å²) >= 11 is 0. The van der Waals surface area contributed by atoms with Gasteiger partial charge >= 0.3 is 0 Å². The van der Waals surface area contributed by atoms with E-state index in [9.17, 15) is 0 Å². The molecule has 0 aromatic carbocycles. The SMILES string of the molecule is COCCCCn1cnc(N)c1. The summed E-state index contributed by atoms with van der Waals surface area (Å²) in [4.78, 5) is 3.93. The highest BCUT2D eigenvalue weighted by Crippen LogP contribution is 1.99. The van der Waals surface area contributed by atoms with Crippen LogP contribution in [0.5, 0.6) is 0 Å². The number of methoxy groups -OCH3 is 1. The number of nitrogens with two attached hydrogens (primary N) is 1. The lowest BCUT2D eigenvalue weighted by molar-refractivity contribution is 0.191. The van der Waals surface area contributed by atoms with E-state index >= 15 is 0 Å². The molecule has 0 atom stereocenters. The molecule has 1 aromatic rings.